The van der Waals surface area contributed by atoms with Gasteiger partial charge in [-0.15, -0.1) is 0 Å². The number of rotatable bonds is 8. The van der Waals surface area contributed by atoms with E-state index in [-0.39, 0.29) is 17.4 Å². The Balaban J connectivity index is 1.46. The third-order valence-corrected chi connectivity index (χ3v) is 5.48. The normalized spacial score (nSPS) is 11.8. The molecule has 9 heteroatoms. The molecule has 0 fully saturated rings. The first-order valence-corrected chi connectivity index (χ1v) is 10.7. The fourth-order valence-corrected chi connectivity index (χ4v) is 3.72. The highest BCUT2D eigenvalue weighted by Gasteiger charge is 2.23. The molecule has 0 aromatic heterocycles. The Bertz CT molecular complexity index is 1130. The number of halogens is 1. The summed E-state index contributed by atoms with van der Waals surface area (Å²) in [6.45, 7) is -0.457. The zero-order valence-electron chi connectivity index (χ0n) is 18.5. The minimum Gasteiger partial charge on any atom is -0.497 e. The smallest absolute Gasteiger partial charge is 0.338 e. The predicted molar refractivity (Wildman–Crippen MR) is 124 cm³/mol. The van der Waals surface area contributed by atoms with Gasteiger partial charge in [-0.2, -0.15) is 0 Å². The van der Waals surface area contributed by atoms with E-state index in [1.807, 2.05) is 24.3 Å². The lowest BCUT2D eigenvalue weighted by molar-refractivity contribution is -0.124. The van der Waals surface area contributed by atoms with Crippen LogP contribution >= 0.6 is 11.6 Å². The van der Waals surface area contributed by atoms with Crippen molar-refractivity contribution in [3.05, 3.63) is 82.4 Å². The van der Waals surface area contributed by atoms with Crippen LogP contribution < -0.4 is 24.3 Å². The van der Waals surface area contributed by atoms with E-state index < -0.39 is 24.5 Å². The highest BCUT2D eigenvalue weighted by molar-refractivity contribution is 6.32. The van der Waals surface area contributed by atoms with Gasteiger partial charge in [-0.25, -0.2) is 4.79 Å². The zero-order chi connectivity index (χ0) is 24.1. The van der Waals surface area contributed by atoms with Crippen molar-refractivity contribution < 1.29 is 33.3 Å². The fourth-order valence-electron chi connectivity index (χ4n) is 3.45. The molecular formula is C25H22ClNO7. The molecule has 0 bridgehead atoms. The summed E-state index contributed by atoms with van der Waals surface area (Å²) in [7, 11) is 3.17. The molecule has 4 rings (SSSR count). The number of fused-ring (bicyclic) bond motifs is 1. The van der Waals surface area contributed by atoms with Crippen molar-refractivity contribution in [1.82, 2.24) is 5.32 Å². The van der Waals surface area contributed by atoms with Crippen LogP contribution in [0.2, 0.25) is 5.02 Å². The number of methoxy groups -OCH3 is 2. The highest BCUT2D eigenvalue weighted by Crippen LogP contribution is 2.39. The van der Waals surface area contributed by atoms with E-state index in [9.17, 15) is 9.59 Å². The molecular weight excluding hydrogens is 462 g/mol. The van der Waals surface area contributed by atoms with Gasteiger partial charge >= 0.3 is 5.97 Å². The third kappa shape index (κ3) is 5.18. The van der Waals surface area contributed by atoms with Crippen molar-refractivity contribution in [3.63, 3.8) is 0 Å². The molecule has 1 heterocycles. The number of benzene rings is 3. The first-order chi connectivity index (χ1) is 16.5. The van der Waals surface area contributed by atoms with E-state index in [4.69, 9.17) is 35.3 Å². The Kier molecular flexibility index (Phi) is 7.08. The summed E-state index contributed by atoms with van der Waals surface area (Å²) < 4.78 is 26.1. The molecule has 1 N–H and O–H groups in total. The fraction of sp³-hybridized carbons (Fsp3) is 0.200. The van der Waals surface area contributed by atoms with Crippen LogP contribution in [0.3, 0.4) is 0 Å². The Morgan fingerprint density at radius 2 is 1.53 bits per heavy atom. The van der Waals surface area contributed by atoms with Crippen molar-refractivity contribution in [2.75, 3.05) is 27.6 Å². The van der Waals surface area contributed by atoms with Crippen LogP contribution in [-0.4, -0.2) is 39.5 Å². The number of amides is 1. The van der Waals surface area contributed by atoms with Crippen LogP contribution in [0.25, 0.3) is 0 Å². The predicted octanol–water partition coefficient (Wildman–Crippen LogP) is 4.15. The summed E-state index contributed by atoms with van der Waals surface area (Å²) in [6, 6.07) is 17.0. The minimum atomic E-state index is -0.708. The van der Waals surface area contributed by atoms with Gasteiger partial charge in [-0.05, 0) is 47.5 Å². The van der Waals surface area contributed by atoms with E-state index in [0.29, 0.717) is 23.0 Å². The maximum absolute atomic E-state index is 12.7. The lowest BCUT2D eigenvalue weighted by Gasteiger charge is -2.20. The Morgan fingerprint density at radius 3 is 2.09 bits per heavy atom. The highest BCUT2D eigenvalue weighted by atomic mass is 35.5. The van der Waals surface area contributed by atoms with Gasteiger partial charge in [-0.3, -0.25) is 4.79 Å². The van der Waals surface area contributed by atoms with Gasteiger partial charge in [0, 0.05) is 0 Å². The molecule has 0 radical (unpaired) electrons. The first kappa shape index (κ1) is 23.3. The van der Waals surface area contributed by atoms with Gasteiger partial charge in [0.25, 0.3) is 5.91 Å². The van der Waals surface area contributed by atoms with Crippen molar-refractivity contribution in [1.29, 1.82) is 0 Å². The number of hydrogen-bond acceptors (Lipinski definition) is 7. The number of carbonyl (C=O) groups is 2. The molecule has 0 saturated heterocycles. The molecule has 34 heavy (non-hydrogen) atoms. The molecule has 0 atom stereocenters. The van der Waals surface area contributed by atoms with Gasteiger partial charge < -0.3 is 29.0 Å². The van der Waals surface area contributed by atoms with Crippen molar-refractivity contribution >= 4 is 23.5 Å². The Hall–Kier alpha value is -3.91. The lowest BCUT2D eigenvalue weighted by Crippen LogP contribution is -2.33. The van der Waals surface area contributed by atoms with E-state index in [0.717, 1.165) is 11.1 Å². The molecule has 0 spiro atoms. The summed E-state index contributed by atoms with van der Waals surface area (Å²) in [5.74, 6) is 0.929. The second-order valence-electron chi connectivity index (χ2n) is 7.31. The van der Waals surface area contributed by atoms with Crippen LogP contribution in [-0.2, 0) is 9.53 Å². The van der Waals surface area contributed by atoms with Crippen LogP contribution in [0.4, 0.5) is 0 Å². The second kappa shape index (κ2) is 10.4. The van der Waals surface area contributed by atoms with Crippen molar-refractivity contribution in [2.45, 2.75) is 6.04 Å². The maximum atomic E-state index is 12.7. The van der Waals surface area contributed by atoms with Gasteiger partial charge in [0.05, 0.1) is 30.8 Å². The van der Waals surface area contributed by atoms with Crippen molar-refractivity contribution in [2.24, 2.45) is 0 Å². The molecule has 0 unspecified atom stereocenters. The van der Waals surface area contributed by atoms with Gasteiger partial charge in [0.15, 0.2) is 18.1 Å². The standard InChI is InChI=1S/C25H22ClNO7/c1-30-18-7-3-15(4-8-18)23(16-5-9-19(31-2)10-6-16)27-22(28)13-32-25(29)17-11-20(26)24-21(12-17)33-14-34-24/h3-12,23H,13-14H2,1-2H3,(H,27,28). The number of nitrogens with one attached hydrogen (secondary N) is 1. The molecule has 3 aromatic rings. The molecule has 1 aliphatic rings. The second-order valence-corrected chi connectivity index (χ2v) is 7.72. The molecule has 0 saturated carbocycles. The average Bonchev–Trinajstić information content (AvgIpc) is 3.35. The van der Waals surface area contributed by atoms with E-state index >= 15 is 0 Å². The van der Waals surface area contributed by atoms with Crippen LogP contribution in [0, 0.1) is 0 Å². The van der Waals surface area contributed by atoms with Crippen LogP contribution in [0.1, 0.15) is 27.5 Å². The Morgan fingerprint density at radius 1 is 0.941 bits per heavy atom. The number of hydrogen-bond donors (Lipinski definition) is 1. The first-order valence-electron chi connectivity index (χ1n) is 10.3. The van der Waals surface area contributed by atoms with Crippen LogP contribution in [0.15, 0.2) is 60.7 Å². The zero-order valence-corrected chi connectivity index (χ0v) is 19.3. The van der Waals surface area contributed by atoms with E-state index in [2.05, 4.69) is 5.32 Å². The monoisotopic (exact) mass is 483 g/mol. The van der Waals surface area contributed by atoms with Gasteiger partial charge in [0.2, 0.25) is 6.79 Å². The summed E-state index contributed by atoms with van der Waals surface area (Å²) >= 11 is 6.12. The molecule has 1 aliphatic heterocycles. The number of ether oxygens (including phenoxy) is 5. The minimum absolute atomic E-state index is 0.0219. The number of carbonyl (C=O) groups excluding carboxylic acids is 2. The van der Waals surface area contributed by atoms with Gasteiger partial charge in [-0.1, -0.05) is 35.9 Å². The third-order valence-electron chi connectivity index (χ3n) is 5.20. The summed E-state index contributed by atoms with van der Waals surface area (Å²) in [5, 5.41) is 3.14. The molecule has 0 aliphatic carbocycles. The van der Waals surface area contributed by atoms with E-state index in [1.165, 1.54) is 12.1 Å². The van der Waals surface area contributed by atoms with Crippen LogP contribution in [0.5, 0.6) is 23.0 Å². The molecule has 1 amide bonds. The maximum Gasteiger partial charge on any atom is 0.338 e. The summed E-state index contributed by atoms with van der Waals surface area (Å²) in [5.41, 5.74) is 1.81. The molecule has 176 valence electrons. The largest absolute Gasteiger partial charge is 0.497 e. The summed E-state index contributed by atoms with van der Waals surface area (Å²) in [6.07, 6.45) is 0. The lowest BCUT2D eigenvalue weighted by atomic mass is 9.98. The quantitative estimate of drug-likeness (QED) is 0.481. The Labute approximate surface area is 201 Å². The average molecular weight is 484 g/mol. The summed E-state index contributed by atoms with van der Waals surface area (Å²) in [4.78, 5) is 25.2. The molecule has 8 nitrogen and oxygen atoms in total. The van der Waals surface area contributed by atoms with Crippen molar-refractivity contribution in [3.8, 4) is 23.0 Å². The number of esters is 1. The molecule has 3 aromatic carbocycles. The van der Waals surface area contributed by atoms with Gasteiger partial charge in [0.1, 0.15) is 11.5 Å². The SMILES string of the molecule is COc1ccc(C(NC(=O)COC(=O)c2cc(Cl)c3c(c2)OCO3)c2ccc(OC)cc2)cc1. The topological polar surface area (TPSA) is 92.3 Å². The van der Waals surface area contributed by atoms with E-state index in [1.54, 1.807) is 38.5 Å².